The van der Waals surface area contributed by atoms with Crippen molar-refractivity contribution >= 4 is 23.6 Å². The molecule has 23 heavy (non-hydrogen) atoms. The molecule has 3 aliphatic rings. The zero-order chi connectivity index (χ0) is 16.1. The van der Waals surface area contributed by atoms with Crippen molar-refractivity contribution in [3.63, 3.8) is 0 Å². The number of piperazine rings is 1. The molecule has 3 heterocycles. The second kappa shape index (κ2) is 8.35. The van der Waals surface area contributed by atoms with Crippen LogP contribution >= 0.6 is 11.8 Å². The molecule has 3 rings (SSSR count). The molecule has 0 spiro atoms. The molecule has 1 N–H and O–H groups in total. The number of carbonyl (C=O) groups is 2. The van der Waals surface area contributed by atoms with Crippen LogP contribution in [0.5, 0.6) is 0 Å². The number of hydrogen-bond donors (Lipinski definition) is 1. The Morgan fingerprint density at radius 1 is 1.00 bits per heavy atom. The summed E-state index contributed by atoms with van der Waals surface area (Å²) in [6.45, 7) is 6.85. The summed E-state index contributed by atoms with van der Waals surface area (Å²) in [6.07, 6.45) is 2.56. The third-order valence-electron chi connectivity index (χ3n) is 5.05. The van der Waals surface area contributed by atoms with Crippen molar-refractivity contribution in [2.24, 2.45) is 0 Å². The van der Waals surface area contributed by atoms with E-state index in [4.69, 9.17) is 0 Å². The second-order valence-corrected chi connectivity index (χ2v) is 7.74. The zero-order valence-electron chi connectivity index (χ0n) is 13.8. The lowest BCUT2D eigenvalue weighted by Gasteiger charge is -2.33. The van der Waals surface area contributed by atoms with Gasteiger partial charge in [0.05, 0.1) is 6.04 Å². The molecule has 0 saturated carbocycles. The van der Waals surface area contributed by atoms with Gasteiger partial charge in [0.15, 0.2) is 0 Å². The van der Waals surface area contributed by atoms with E-state index in [0.29, 0.717) is 6.42 Å². The summed E-state index contributed by atoms with van der Waals surface area (Å²) in [7, 11) is 0. The van der Waals surface area contributed by atoms with Crippen LogP contribution in [0.1, 0.15) is 19.3 Å². The van der Waals surface area contributed by atoms with Gasteiger partial charge in [-0.2, -0.15) is 11.8 Å². The first-order valence-corrected chi connectivity index (χ1v) is 10.0. The SMILES string of the molecule is O=C(CCN1CCCC1C(=O)N1CCSCC1)N1CCNCC1. The molecular formula is C16H28N4O2S. The number of carbonyl (C=O) groups excluding carboxylic acids is 2. The number of rotatable bonds is 4. The molecule has 0 aromatic rings. The lowest BCUT2D eigenvalue weighted by atomic mass is 10.2. The Morgan fingerprint density at radius 2 is 1.74 bits per heavy atom. The maximum atomic E-state index is 12.7. The van der Waals surface area contributed by atoms with Crippen molar-refractivity contribution in [3.05, 3.63) is 0 Å². The van der Waals surface area contributed by atoms with E-state index in [2.05, 4.69) is 10.2 Å². The minimum Gasteiger partial charge on any atom is -0.340 e. The fourth-order valence-electron chi connectivity index (χ4n) is 3.68. The lowest BCUT2D eigenvalue weighted by molar-refractivity contribution is -0.137. The predicted molar refractivity (Wildman–Crippen MR) is 92.6 cm³/mol. The third-order valence-corrected chi connectivity index (χ3v) is 6.00. The van der Waals surface area contributed by atoms with Crippen LogP contribution in [0, 0.1) is 0 Å². The van der Waals surface area contributed by atoms with Gasteiger partial charge in [0.2, 0.25) is 11.8 Å². The highest BCUT2D eigenvalue weighted by atomic mass is 32.2. The third kappa shape index (κ3) is 4.39. The van der Waals surface area contributed by atoms with E-state index >= 15 is 0 Å². The Hall–Kier alpha value is -0.790. The Balaban J connectivity index is 1.48. The first-order valence-electron chi connectivity index (χ1n) is 8.85. The van der Waals surface area contributed by atoms with Gasteiger partial charge >= 0.3 is 0 Å². The standard InChI is InChI=1S/C16H28N4O2S/c21-15(19-8-4-17-5-9-19)3-7-18-6-1-2-14(18)16(22)20-10-12-23-13-11-20/h14,17H,1-13H2. The number of nitrogens with zero attached hydrogens (tertiary/aromatic N) is 3. The molecule has 1 unspecified atom stereocenters. The number of hydrogen-bond acceptors (Lipinski definition) is 5. The van der Waals surface area contributed by atoms with E-state index in [1.807, 2.05) is 21.6 Å². The Morgan fingerprint density at radius 3 is 2.48 bits per heavy atom. The first kappa shape index (κ1) is 17.0. The molecular weight excluding hydrogens is 312 g/mol. The summed E-state index contributed by atoms with van der Waals surface area (Å²) in [5.41, 5.74) is 0. The van der Waals surface area contributed by atoms with Crippen LogP contribution in [0.25, 0.3) is 0 Å². The molecule has 7 heteroatoms. The van der Waals surface area contributed by atoms with Crippen molar-refractivity contribution in [2.45, 2.75) is 25.3 Å². The Bertz CT molecular complexity index is 422. The Kier molecular flexibility index (Phi) is 6.19. The van der Waals surface area contributed by atoms with Gasteiger partial charge < -0.3 is 15.1 Å². The molecule has 0 aromatic heterocycles. The fraction of sp³-hybridized carbons (Fsp3) is 0.875. The van der Waals surface area contributed by atoms with Crippen LogP contribution < -0.4 is 5.32 Å². The van der Waals surface area contributed by atoms with Crippen LogP contribution in [0.15, 0.2) is 0 Å². The molecule has 1 atom stereocenters. The number of thioether (sulfide) groups is 1. The van der Waals surface area contributed by atoms with E-state index in [1.54, 1.807) is 0 Å². The molecule has 6 nitrogen and oxygen atoms in total. The Labute approximate surface area is 142 Å². The van der Waals surface area contributed by atoms with E-state index in [9.17, 15) is 9.59 Å². The molecule has 3 saturated heterocycles. The quantitative estimate of drug-likeness (QED) is 0.771. The second-order valence-electron chi connectivity index (χ2n) is 6.51. The first-order chi connectivity index (χ1) is 11.3. The zero-order valence-corrected chi connectivity index (χ0v) is 14.7. The molecule has 130 valence electrons. The minimum absolute atomic E-state index is 0.00826. The van der Waals surface area contributed by atoms with Crippen molar-refractivity contribution in [1.82, 2.24) is 20.0 Å². The molecule has 3 aliphatic heterocycles. The van der Waals surface area contributed by atoms with Crippen molar-refractivity contribution in [1.29, 1.82) is 0 Å². The minimum atomic E-state index is 0.00826. The van der Waals surface area contributed by atoms with Gasteiger partial charge in [-0.15, -0.1) is 0 Å². The maximum Gasteiger partial charge on any atom is 0.239 e. The highest BCUT2D eigenvalue weighted by Gasteiger charge is 2.34. The molecule has 0 aliphatic carbocycles. The van der Waals surface area contributed by atoms with Crippen LogP contribution in [0.3, 0.4) is 0 Å². The summed E-state index contributed by atoms with van der Waals surface area (Å²) < 4.78 is 0. The summed E-state index contributed by atoms with van der Waals surface area (Å²) in [4.78, 5) is 31.3. The lowest BCUT2D eigenvalue weighted by Crippen LogP contribution is -2.50. The van der Waals surface area contributed by atoms with Crippen molar-refractivity contribution < 1.29 is 9.59 Å². The van der Waals surface area contributed by atoms with Crippen LogP contribution in [0.4, 0.5) is 0 Å². The molecule has 3 fully saturated rings. The number of likely N-dealkylation sites (tertiary alicyclic amines) is 1. The monoisotopic (exact) mass is 340 g/mol. The summed E-state index contributed by atoms with van der Waals surface area (Å²) in [5, 5.41) is 3.27. The number of amides is 2. The van der Waals surface area contributed by atoms with Gasteiger partial charge in [0.25, 0.3) is 0 Å². The van der Waals surface area contributed by atoms with Crippen LogP contribution in [0.2, 0.25) is 0 Å². The van der Waals surface area contributed by atoms with Gasteiger partial charge in [-0.1, -0.05) is 0 Å². The predicted octanol–water partition coefficient (Wildman–Crippen LogP) is -0.152. The molecule has 0 aromatic carbocycles. The number of nitrogens with one attached hydrogen (secondary N) is 1. The summed E-state index contributed by atoms with van der Waals surface area (Å²) in [6, 6.07) is 0.00826. The van der Waals surface area contributed by atoms with E-state index < -0.39 is 0 Å². The van der Waals surface area contributed by atoms with Crippen LogP contribution in [-0.2, 0) is 9.59 Å². The largest absolute Gasteiger partial charge is 0.340 e. The molecule has 2 amide bonds. The van der Waals surface area contributed by atoms with E-state index in [-0.39, 0.29) is 17.9 Å². The normalized spacial score (nSPS) is 26.5. The molecule has 0 radical (unpaired) electrons. The van der Waals surface area contributed by atoms with Crippen molar-refractivity contribution in [3.8, 4) is 0 Å². The van der Waals surface area contributed by atoms with Crippen LogP contribution in [-0.4, -0.2) is 96.4 Å². The van der Waals surface area contributed by atoms with Crippen molar-refractivity contribution in [2.75, 3.05) is 63.9 Å². The van der Waals surface area contributed by atoms with Gasteiger partial charge in [-0.3, -0.25) is 14.5 Å². The maximum absolute atomic E-state index is 12.7. The van der Waals surface area contributed by atoms with E-state index in [1.165, 1.54) is 0 Å². The fourth-order valence-corrected chi connectivity index (χ4v) is 4.58. The van der Waals surface area contributed by atoms with Gasteiger partial charge in [-0.25, -0.2) is 0 Å². The average Bonchev–Trinajstić information content (AvgIpc) is 3.09. The molecule has 0 bridgehead atoms. The van der Waals surface area contributed by atoms with E-state index in [0.717, 1.165) is 76.7 Å². The van der Waals surface area contributed by atoms with Gasteiger partial charge in [-0.05, 0) is 19.4 Å². The topological polar surface area (TPSA) is 55.9 Å². The van der Waals surface area contributed by atoms with Gasteiger partial charge in [0.1, 0.15) is 0 Å². The smallest absolute Gasteiger partial charge is 0.239 e. The van der Waals surface area contributed by atoms with Gasteiger partial charge in [0, 0.05) is 63.7 Å². The highest BCUT2D eigenvalue weighted by molar-refractivity contribution is 7.99. The summed E-state index contributed by atoms with van der Waals surface area (Å²) in [5.74, 6) is 2.64. The highest BCUT2D eigenvalue weighted by Crippen LogP contribution is 2.21. The average molecular weight is 340 g/mol. The summed E-state index contributed by atoms with van der Waals surface area (Å²) >= 11 is 1.93.